The molecule has 3 aromatic rings. The fourth-order valence-corrected chi connectivity index (χ4v) is 4.52. The number of carbonyl (C=O) groups is 1. The van der Waals surface area contributed by atoms with E-state index >= 15 is 0 Å². The molecule has 0 aliphatic carbocycles. The van der Waals surface area contributed by atoms with Crippen LogP contribution in [0.4, 0.5) is 11.4 Å². The molecule has 1 atom stereocenters. The van der Waals surface area contributed by atoms with E-state index in [1.165, 1.54) is 6.07 Å². The number of nitrogens with one attached hydrogen (secondary N) is 2. The number of hydrogen-bond acceptors (Lipinski definition) is 4. The number of halogens is 1. The Balaban J connectivity index is 1.76. The monoisotopic (exact) mass is 460 g/mol. The Bertz CT molecular complexity index is 1250. The molecule has 0 aliphatic rings. The molecule has 0 fully saturated rings. The van der Waals surface area contributed by atoms with Gasteiger partial charge in [0, 0.05) is 5.69 Å². The van der Waals surface area contributed by atoms with Crippen LogP contribution in [0.1, 0.15) is 35.5 Å². The lowest BCUT2D eigenvalue weighted by molar-refractivity contribution is -0.119. The predicted octanol–water partition coefficient (Wildman–Crippen LogP) is 4.77. The number of aryl methyl sites for hydroxylation is 4. The fourth-order valence-electron chi connectivity index (χ4n) is 3.16. The van der Waals surface area contributed by atoms with Gasteiger partial charge >= 0.3 is 0 Å². The molecule has 1 aromatic heterocycles. The standard InChI is InChI=1S/C22H25ClN4O3S/c1-13-6-8-19(10-14(13)2)31(29,30)26-18-7-9-21(20(23)12-18)24-22(28)17(5)27-16(4)11-15(3)25-27/h6-12,17,26H,1-5H3,(H,24,28). The Kier molecular flexibility index (Phi) is 6.43. The lowest BCUT2D eigenvalue weighted by Gasteiger charge is -2.16. The van der Waals surface area contributed by atoms with Crippen LogP contribution in [-0.4, -0.2) is 24.1 Å². The minimum atomic E-state index is -3.76. The van der Waals surface area contributed by atoms with Crippen LogP contribution >= 0.6 is 11.6 Å². The van der Waals surface area contributed by atoms with Gasteiger partial charge in [-0.1, -0.05) is 17.7 Å². The lowest BCUT2D eigenvalue weighted by atomic mass is 10.1. The van der Waals surface area contributed by atoms with Gasteiger partial charge in [0.1, 0.15) is 6.04 Å². The first-order valence-corrected chi connectivity index (χ1v) is 11.6. The van der Waals surface area contributed by atoms with E-state index in [-0.39, 0.29) is 15.8 Å². The van der Waals surface area contributed by atoms with Crippen LogP contribution in [0.3, 0.4) is 0 Å². The van der Waals surface area contributed by atoms with Crippen molar-refractivity contribution in [3.8, 4) is 0 Å². The number of anilines is 2. The lowest BCUT2D eigenvalue weighted by Crippen LogP contribution is -2.25. The average Bonchev–Trinajstić information content (AvgIpc) is 3.03. The number of carbonyl (C=O) groups excluding carboxylic acids is 1. The minimum absolute atomic E-state index is 0.169. The van der Waals surface area contributed by atoms with Gasteiger partial charge in [-0.2, -0.15) is 5.10 Å². The van der Waals surface area contributed by atoms with Crippen molar-refractivity contribution >= 4 is 38.9 Å². The van der Waals surface area contributed by atoms with E-state index in [0.717, 1.165) is 22.5 Å². The van der Waals surface area contributed by atoms with Gasteiger partial charge in [0.2, 0.25) is 5.91 Å². The molecule has 0 spiro atoms. The minimum Gasteiger partial charge on any atom is -0.323 e. The summed E-state index contributed by atoms with van der Waals surface area (Å²) in [5.74, 6) is -0.281. The van der Waals surface area contributed by atoms with E-state index in [2.05, 4.69) is 15.1 Å². The number of hydrogen-bond donors (Lipinski definition) is 2. The summed E-state index contributed by atoms with van der Waals surface area (Å²) in [6, 6.07) is 10.9. The summed E-state index contributed by atoms with van der Waals surface area (Å²) in [4.78, 5) is 12.8. The number of amides is 1. The first-order chi connectivity index (χ1) is 14.5. The summed E-state index contributed by atoms with van der Waals surface area (Å²) < 4.78 is 29.5. The second-order valence-corrected chi connectivity index (χ2v) is 9.67. The number of sulfonamides is 1. The molecule has 2 N–H and O–H groups in total. The molecule has 164 valence electrons. The highest BCUT2D eigenvalue weighted by molar-refractivity contribution is 7.92. The van der Waals surface area contributed by atoms with Crippen molar-refractivity contribution < 1.29 is 13.2 Å². The maximum absolute atomic E-state index is 12.7. The van der Waals surface area contributed by atoms with Crippen molar-refractivity contribution in [1.82, 2.24) is 9.78 Å². The zero-order chi connectivity index (χ0) is 22.9. The van der Waals surface area contributed by atoms with Gasteiger partial charge in [-0.15, -0.1) is 0 Å². The van der Waals surface area contributed by atoms with Crippen LogP contribution in [0.5, 0.6) is 0 Å². The van der Waals surface area contributed by atoms with Crippen molar-refractivity contribution in [2.45, 2.75) is 45.6 Å². The predicted molar refractivity (Wildman–Crippen MR) is 123 cm³/mol. The van der Waals surface area contributed by atoms with E-state index in [1.54, 1.807) is 41.9 Å². The van der Waals surface area contributed by atoms with Crippen molar-refractivity contribution in [3.05, 3.63) is 70.0 Å². The summed E-state index contributed by atoms with van der Waals surface area (Å²) in [7, 11) is -3.76. The molecule has 1 amide bonds. The van der Waals surface area contributed by atoms with Crippen LogP contribution in [-0.2, 0) is 14.8 Å². The van der Waals surface area contributed by atoms with Crippen molar-refractivity contribution in [2.75, 3.05) is 10.0 Å². The molecule has 3 rings (SSSR count). The van der Waals surface area contributed by atoms with Crippen LogP contribution in [0.25, 0.3) is 0 Å². The second kappa shape index (κ2) is 8.72. The SMILES string of the molecule is Cc1cc(C)n(C(C)C(=O)Nc2ccc(NS(=O)(=O)c3ccc(C)c(C)c3)cc2Cl)n1. The molecule has 31 heavy (non-hydrogen) atoms. The molecule has 0 radical (unpaired) electrons. The molecular formula is C22H25ClN4O3S. The van der Waals surface area contributed by atoms with Gasteiger partial charge in [-0.05, 0) is 82.1 Å². The van der Waals surface area contributed by atoms with Gasteiger partial charge in [-0.3, -0.25) is 14.2 Å². The van der Waals surface area contributed by atoms with Gasteiger partial charge < -0.3 is 5.32 Å². The summed E-state index contributed by atoms with van der Waals surface area (Å²) in [6.07, 6.45) is 0. The highest BCUT2D eigenvalue weighted by atomic mass is 35.5. The number of rotatable bonds is 6. The molecule has 0 saturated heterocycles. The highest BCUT2D eigenvalue weighted by Gasteiger charge is 2.20. The first kappa shape index (κ1) is 22.8. The van der Waals surface area contributed by atoms with Gasteiger partial charge in [0.15, 0.2) is 0 Å². The highest BCUT2D eigenvalue weighted by Crippen LogP contribution is 2.28. The van der Waals surface area contributed by atoms with Crippen molar-refractivity contribution in [1.29, 1.82) is 0 Å². The molecule has 0 aliphatic heterocycles. The first-order valence-electron chi connectivity index (χ1n) is 9.71. The van der Waals surface area contributed by atoms with Gasteiger partial charge in [0.05, 0.1) is 27.0 Å². The molecule has 9 heteroatoms. The zero-order valence-corrected chi connectivity index (χ0v) is 19.6. The van der Waals surface area contributed by atoms with E-state index in [4.69, 9.17) is 11.6 Å². The van der Waals surface area contributed by atoms with Crippen molar-refractivity contribution in [2.24, 2.45) is 0 Å². The third-order valence-electron chi connectivity index (χ3n) is 5.06. The topological polar surface area (TPSA) is 93.1 Å². The molecule has 0 bridgehead atoms. The summed E-state index contributed by atoms with van der Waals surface area (Å²) in [6.45, 7) is 9.27. The number of nitrogens with zero attached hydrogens (tertiary/aromatic N) is 2. The maximum Gasteiger partial charge on any atom is 0.261 e. The van der Waals surface area contributed by atoms with Gasteiger partial charge in [-0.25, -0.2) is 8.42 Å². The van der Waals surface area contributed by atoms with E-state index < -0.39 is 16.1 Å². The number of aromatic nitrogens is 2. The summed E-state index contributed by atoms with van der Waals surface area (Å²) >= 11 is 6.31. The zero-order valence-electron chi connectivity index (χ0n) is 18.0. The van der Waals surface area contributed by atoms with Crippen LogP contribution in [0.15, 0.2) is 47.4 Å². The second-order valence-electron chi connectivity index (χ2n) is 7.58. The Hall–Kier alpha value is -2.84. The normalized spacial score (nSPS) is 12.5. The van der Waals surface area contributed by atoms with Crippen LogP contribution < -0.4 is 10.0 Å². The van der Waals surface area contributed by atoms with Gasteiger partial charge in [0.25, 0.3) is 10.0 Å². The Morgan fingerprint density at radius 3 is 2.32 bits per heavy atom. The Morgan fingerprint density at radius 1 is 1.03 bits per heavy atom. The molecule has 0 saturated carbocycles. The van der Waals surface area contributed by atoms with Crippen molar-refractivity contribution in [3.63, 3.8) is 0 Å². The Morgan fingerprint density at radius 2 is 1.74 bits per heavy atom. The molecule has 7 nitrogen and oxygen atoms in total. The average molecular weight is 461 g/mol. The number of benzene rings is 2. The summed E-state index contributed by atoms with van der Waals surface area (Å²) in [5, 5.41) is 7.32. The third-order valence-corrected chi connectivity index (χ3v) is 6.75. The largest absolute Gasteiger partial charge is 0.323 e. The van der Waals surface area contributed by atoms with Crippen LogP contribution in [0, 0.1) is 27.7 Å². The summed E-state index contributed by atoms with van der Waals surface area (Å²) in [5.41, 5.74) is 4.28. The fraction of sp³-hybridized carbons (Fsp3) is 0.273. The van der Waals surface area contributed by atoms with Crippen LogP contribution in [0.2, 0.25) is 5.02 Å². The molecule has 1 heterocycles. The Labute approximate surface area is 187 Å². The maximum atomic E-state index is 12.7. The quantitative estimate of drug-likeness (QED) is 0.554. The third kappa shape index (κ3) is 5.08. The molecule has 2 aromatic carbocycles. The smallest absolute Gasteiger partial charge is 0.261 e. The van der Waals surface area contributed by atoms with E-state index in [0.29, 0.717) is 11.4 Å². The van der Waals surface area contributed by atoms with E-state index in [9.17, 15) is 13.2 Å². The molecule has 1 unspecified atom stereocenters. The molecular weight excluding hydrogens is 436 g/mol. The van der Waals surface area contributed by atoms with E-state index in [1.807, 2.05) is 33.8 Å².